The number of hydrogen-bond donors (Lipinski definition) is 1. The maximum atomic E-state index is 12.7. The van der Waals surface area contributed by atoms with Crippen LogP contribution in [0.5, 0.6) is 0 Å². The molecule has 3 atom stereocenters. The molecule has 1 aliphatic heterocycles. The molecule has 1 N–H and O–H groups in total. The van der Waals surface area contributed by atoms with Crippen molar-refractivity contribution in [1.82, 2.24) is 4.98 Å². The molecule has 0 spiro atoms. The van der Waals surface area contributed by atoms with Gasteiger partial charge in [-0.05, 0) is 38.3 Å². The van der Waals surface area contributed by atoms with Crippen molar-refractivity contribution in [3.8, 4) is 0 Å². The molecule has 1 aromatic rings. The summed E-state index contributed by atoms with van der Waals surface area (Å²) in [5, 5.41) is 4.34. The van der Waals surface area contributed by atoms with Gasteiger partial charge in [-0.15, -0.1) is 35.3 Å². The van der Waals surface area contributed by atoms with E-state index in [1.165, 1.54) is 0 Å². The van der Waals surface area contributed by atoms with Crippen LogP contribution in [0.25, 0.3) is 0 Å². The second kappa shape index (κ2) is 7.79. The molecule has 0 bridgehead atoms. The summed E-state index contributed by atoms with van der Waals surface area (Å²) < 4.78 is 0. The summed E-state index contributed by atoms with van der Waals surface area (Å²) in [6.07, 6.45) is 8.33. The molecule has 2 rings (SSSR count). The fraction of sp³-hybridized carbons (Fsp3) is 0.500. The number of carbonyl (C=O) groups is 1. The van der Waals surface area contributed by atoms with Crippen LogP contribution in [0.4, 0.5) is 5.69 Å². The maximum Gasteiger partial charge on any atom is 0.238 e. The van der Waals surface area contributed by atoms with Crippen molar-refractivity contribution in [2.24, 2.45) is 5.92 Å². The molecular formula is C16H22N2OS3. The summed E-state index contributed by atoms with van der Waals surface area (Å²) in [6.45, 7) is 6.20. The maximum absolute atomic E-state index is 12.7. The van der Waals surface area contributed by atoms with Gasteiger partial charge in [-0.1, -0.05) is 19.1 Å². The summed E-state index contributed by atoms with van der Waals surface area (Å²) in [4.78, 5) is 18.4. The number of anilines is 1. The standard InChI is InChI=1S/C16H22N2OS3/c1-9-6-7-11(3)22-14(9)15(19)18-13-12(20-4)8-10(2)17-16(13)21-5/h6-9,11,14H,1-5H3,(H,18,19). The topological polar surface area (TPSA) is 42.0 Å². The lowest BCUT2D eigenvalue weighted by Gasteiger charge is -2.27. The van der Waals surface area contributed by atoms with E-state index in [-0.39, 0.29) is 17.1 Å². The van der Waals surface area contributed by atoms with Gasteiger partial charge in [-0.25, -0.2) is 4.98 Å². The molecule has 6 heteroatoms. The first-order chi connectivity index (χ1) is 10.5. The minimum Gasteiger partial charge on any atom is -0.322 e. The molecule has 0 saturated heterocycles. The molecule has 2 heterocycles. The number of allylic oxidation sites excluding steroid dienone is 1. The van der Waals surface area contributed by atoms with E-state index in [4.69, 9.17) is 0 Å². The van der Waals surface area contributed by atoms with Crippen LogP contribution in [-0.2, 0) is 4.79 Å². The number of rotatable bonds is 4. The Balaban J connectivity index is 2.26. The summed E-state index contributed by atoms with van der Waals surface area (Å²) in [5.41, 5.74) is 1.83. The van der Waals surface area contributed by atoms with Crippen molar-refractivity contribution < 1.29 is 4.79 Å². The van der Waals surface area contributed by atoms with Gasteiger partial charge in [0.1, 0.15) is 5.03 Å². The molecule has 1 amide bonds. The minimum absolute atomic E-state index is 0.0503. The van der Waals surface area contributed by atoms with Gasteiger partial charge < -0.3 is 5.32 Å². The normalized spacial score (nSPS) is 24.3. The zero-order valence-electron chi connectivity index (χ0n) is 13.5. The van der Waals surface area contributed by atoms with E-state index in [0.717, 1.165) is 21.3 Å². The lowest BCUT2D eigenvalue weighted by Crippen LogP contribution is -2.33. The monoisotopic (exact) mass is 354 g/mol. The molecule has 1 aliphatic rings. The highest BCUT2D eigenvalue weighted by Gasteiger charge is 2.29. The first kappa shape index (κ1) is 17.8. The fourth-order valence-electron chi connectivity index (χ4n) is 2.37. The van der Waals surface area contributed by atoms with E-state index in [1.54, 1.807) is 35.3 Å². The summed E-state index contributed by atoms with van der Waals surface area (Å²) >= 11 is 4.93. The molecule has 0 fully saturated rings. The Morgan fingerprint density at radius 3 is 2.64 bits per heavy atom. The molecule has 1 aromatic heterocycles. The van der Waals surface area contributed by atoms with E-state index in [0.29, 0.717) is 5.25 Å². The lowest BCUT2D eigenvalue weighted by atomic mass is 10.1. The first-order valence-corrected chi connectivity index (χ1v) is 10.6. The summed E-state index contributed by atoms with van der Waals surface area (Å²) in [7, 11) is 0. The van der Waals surface area contributed by atoms with Crippen LogP contribution in [0.1, 0.15) is 19.5 Å². The van der Waals surface area contributed by atoms with E-state index in [2.05, 4.69) is 36.3 Å². The molecule has 0 aliphatic carbocycles. The third-order valence-corrected chi connectivity index (χ3v) is 6.49. The van der Waals surface area contributed by atoms with Crippen LogP contribution >= 0.6 is 35.3 Å². The average molecular weight is 355 g/mol. The van der Waals surface area contributed by atoms with Crippen LogP contribution in [0.2, 0.25) is 0 Å². The van der Waals surface area contributed by atoms with E-state index < -0.39 is 0 Å². The van der Waals surface area contributed by atoms with Gasteiger partial charge in [-0.2, -0.15) is 0 Å². The quantitative estimate of drug-likeness (QED) is 0.638. The van der Waals surface area contributed by atoms with Gasteiger partial charge in [0, 0.05) is 15.8 Å². The molecule has 0 aromatic carbocycles. The zero-order chi connectivity index (χ0) is 16.3. The van der Waals surface area contributed by atoms with E-state index in [9.17, 15) is 4.79 Å². The zero-order valence-corrected chi connectivity index (χ0v) is 16.0. The Kier molecular flexibility index (Phi) is 6.29. The first-order valence-electron chi connectivity index (χ1n) is 7.20. The van der Waals surface area contributed by atoms with Crippen molar-refractivity contribution in [3.63, 3.8) is 0 Å². The Labute approximate surface area is 145 Å². The van der Waals surface area contributed by atoms with Crippen molar-refractivity contribution >= 4 is 46.9 Å². The summed E-state index contributed by atoms with van der Waals surface area (Å²) in [5.74, 6) is 0.319. The highest BCUT2D eigenvalue weighted by molar-refractivity contribution is 8.01. The number of nitrogens with zero attached hydrogens (tertiary/aromatic N) is 1. The molecule has 22 heavy (non-hydrogen) atoms. The van der Waals surface area contributed by atoms with Gasteiger partial charge >= 0.3 is 0 Å². The molecule has 0 radical (unpaired) electrons. The molecular weight excluding hydrogens is 332 g/mol. The number of thioether (sulfide) groups is 3. The second-order valence-electron chi connectivity index (χ2n) is 5.35. The number of amides is 1. The van der Waals surface area contributed by atoms with Crippen molar-refractivity contribution in [3.05, 3.63) is 23.9 Å². The molecule has 3 nitrogen and oxygen atoms in total. The largest absolute Gasteiger partial charge is 0.322 e. The van der Waals surface area contributed by atoms with Gasteiger partial charge in [0.05, 0.1) is 10.9 Å². The predicted molar refractivity (Wildman–Crippen MR) is 100 cm³/mol. The van der Waals surface area contributed by atoms with Crippen LogP contribution in [0.3, 0.4) is 0 Å². The highest BCUT2D eigenvalue weighted by atomic mass is 32.2. The molecule has 120 valence electrons. The summed E-state index contributed by atoms with van der Waals surface area (Å²) in [6, 6.07) is 2.03. The Bertz CT molecular complexity index is 564. The van der Waals surface area contributed by atoms with Gasteiger partial charge in [0.15, 0.2) is 0 Å². The third-order valence-electron chi connectivity index (χ3n) is 3.52. The van der Waals surface area contributed by atoms with Crippen LogP contribution in [0.15, 0.2) is 28.1 Å². The average Bonchev–Trinajstić information content (AvgIpc) is 2.50. The Morgan fingerprint density at radius 1 is 1.27 bits per heavy atom. The molecule has 3 unspecified atom stereocenters. The van der Waals surface area contributed by atoms with Crippen molar-refractivity contribution in [1.29, 1.82) is 0 Å². The second-order valence-corrected chi connectivity index (χ2v) is 8.51. The fourth-order valence-corrected chi connectivity index (χ4v) is 4.84. The molecule has 0 saturated carbocycles. The van der Waals surface area contributed by atoms with Gasteiger partial charge in [0.2, 0.25) is 5.91 Å². The van der Waals surface area contributed by atoms with Crippen LogP contribution in [0, 0.1) is 12.8 Å². The minimum atomic E-state index is -0.0503. The highest BCUT2D eigenvalue weighted by Crippen LogP contribution is 2.36. The van der Waals surface area contributed by atoms with Crippen molar-refractivity contribution in [2.45, 2.75) is 41.2 Å². The Hall–Kier alpha value is -0.590. The van der Waals surface area contributed by atoms with E-state index >= 15 is 0 Å². The van der Waals surface area contributed by atoms with Gasteiger partial charge in [-0.3, -0.25) is 4.79 Å². The third kappa shape index (κ3) is 4.03. The number of carbonyl (C=O) groups excluding carboxylic acids is 1. The SMILES string of the molecule is CSc1cc(C)nc(SC)c1NC(=O)C1SC(C)C=CC1C. The number of aromatic nitrogens is 1. The van der Waals surface area contributed by atoms with Crippen LogP contribution in [-0.4, -0.2) is 33.9 Å². The predicted octanol–water partition coefficient (Wildman–Crippen LogP) is 4.47. The number of nitrogens with one attached hydrogen (secondary N) is 1. The number of aryl methyl sites for hydroxylation is 1. The number of pyridine rings is 1. The van der Waals surface area contributed by atoms with Crippen molar-refractivity contribution in [2.75, 3.05) is 17.8 Å². The Morgan fingerprint density at radius 2 is 2.00 bits per heavy atom. The number of hydrogen-bond acceptors (Lipinski definition) is 5. The van der Waals surface area contributed by atoms with Crippen LogP contribution < -0.4 is 5.32 Å². The van der Waals surface area contributed by atoms with E-state index in [1.807, 2.05) is 25.5 Å². The lowest BCUT2D eigenvalue weighted by molar-refractivity contribution is -0.116. The van der Waals surface area contributed by atoms with Gasteiger partial charge in [0.25, 0.3) is 0 Å². The smallest absolute Gasteiger partial charge is 0.238 e.